The van der Waals surface area contributed by atoms with Crippen LogP contribution in [0.15, 0.2) is 85.1 Å². The molecule has 1 amide bonds. The number of rotatable bonds is 8. The SMILES string of the molecule is C[C@H](CN[C@H](C(=O)c1c[nH]c2ccccc12)c1ccccc1)c1ccc(C(N)=O)cc1. The number of fused-ring (bicyclic) bond motifs is 1. The van der Waals surface area contributed by atoms with Crippen LogP contribution in [0.2, 0.25) is 0 Å². The summed E-state index contributed by atoms with van der Waals surface area (Å²) in [4.78, 5) is 28.1. The smallest absolute Gasteiger partial charge is 0.248 e. The number of carbonyl (C=O) groups excluding carboxylic acids is 2. The Morgan fingerprint density at radius 2 is 1.58 bits per heavy atom. The van der Waals surface area contributed by atoms with E-state index in [2.05, 4.69) is 17.2 Å². The maximum absolute atomic E-state index is 13.6. The second-order valence-electron chi connectivity index (χ2n) is 7.75. The molecule has 0 bridgehead atoms. The fourth-order valence-electron chi connectivity index (χ4n) is 3.83. The highest BCUT2D eigenvalue weighted by Gasteiger charge is 2.24. The van der Waals surface area contributed by atoms with Gasteiger partial charge in [-0.2, -0.15) is 0 Å². The van der Waals surface area contributed by atoms with E-state index in [1.165, 1.54) is 0 Å². The van der Waals surface area contributed by atoms with E-state index >= 15 is 0 Å². The highest BCUT2D eigenvalue weighted by molar-refractivity contribution is 6.10. The molecule has 0 aliphatic heterocycles. The fraction of sp³-hybridized carbons (Fsp3) is 0.154. The van der Waals surface area contributed by atoms with Crippen LogP contribution in [0.3, 0.4) is 0 Å². The molecule has 0 aliphatic carbocycles. The number of aromatic amines is 1. The molecule has 0 saturated heterocycles. The standard InChI is InChI=1S/C26H25N3O2/c1-17(18-11-13-20(14-12-18)26(27)31)15-29-24(19-7-3-2-4-8-19)25(30)22-16-28-23-10-6-5-9-21(22)23/h2-14,16-17,24,28-29H,15H2,1H3,(H2,27,31)/t17-,24+/m1/s1. The van der Waals surface area contributed by atoms with Crippen LogP contribution in [0.5, 0.6) is 0 Å². The molecule has 1 heterocycles. The molecule has 31 heavy (non-hydrogen) atoms. The molecule has 0 radical (unpaired) electrons. The van der Waals surface area contributed by atoms with Crippen molar-refractivity contribution in [2.75, 3.05) is 6.54 Å². The summed E-state index contributed by atoms with van der Waals surface area (Å²) < 4.78 is 0. The van der Waals surface area contributed by atoms with Crippen LogP contribution in [0.1, 0.15) is 50.7 Å². The number of benzene rings is 3. The van der Waals surface area contributed by atoms with Crippen molar-refractivity contribution in [3.05, 3.63) is 107 Å². The van der Waals surface area contributed by atoms with Crippen LogP contribution in [0.25, 0.3) is 10.9 Å². The second kappa shape index (κ2) is 8.98. The Hall–Kier alpha value is -3.70. The van der Waals surface area contributed by atoms with Gasteiger partial charge in [0, 0.05) is 34.8 Å². The van der Waals surface area contributed by atoms with E-state index in [1.807, 2.05) is 66.7 Å². The van der Waals surface area contributed by atoms with Crippen LogP contribution in [0.4, 0.5) is 0 Å². The summed E-state index contributed by atoms with van der Waals surface area (Å²) in [5, 5.41) is 4.39. The molecule has 4 aromatic rings. The number of H-pyrrole nitrogens is 1. The maximum atomic E-state index is 13.6. The van der Waals surface area contributed by atoms with Crippen molar-refractivity contribution in [3.8, 4) is 0 Å². The lowest BCUT2D eigenvalue weighted by Crippen LogP contribution is -2.31. The molecule has 156 valence electrons. The lowest BCUT2D eigenvalue weighted by molar-refractivity contribution is 0.0942. The van der Waals surface area contributed by atoms with Gasteiger partial charge in [-0.3, -0.25) is 9.59 Å². The van der Waals surface area contributed by atoms with Crippen molar-refractivity contribution in [3.63, 3.8) is 0 Å². The average molecular weight is 412 g/mol. The van der Waals surface area contributed by atoms with E-state index in [9.17, 15) is 9.59 Å². The maximum Gasteiger partial charge on any atom is 0.248 e. The monoisotopic (exact) mass is 411 g/mol. The van der Waals surface area contributed by atoms with E-state index < -0.39 is 11.9 Å². The molecule has 0 unspecified atom stereocenters. The van der Waals surface area contributed by atoms with Gasteiger partial charge in [-0.05, 0) is 35.2 Å². The van der Waals surface area contributed by atoms with Crippen molar-refractivity contribution in [2.24, 2.45) is 5.73 Å². The van der Waals surface area contributed by atoms with Crippen molar-refractivity contribution < 1.29 is 9.59 Å². The Morgan fingerprint density at radius 1 is 0.903 bits per heavy atom. The Morgan fingerprint density at radius 3 is 2.29 bits per heavy atom. The topological polar surface area (TPSA) is 88.0 Å². The molecule has 5 nitrogen and oxygen atoms in total. The number of amides is 1. The quantitative estimate of drug-likeness (QED) is 0.371. The summed E-state index contributed by atoms with van der Waals surface area (Å²) in [6.07, 6.45) is 1.79. The van der Waals surface area contributed by atoms with Crippen molar-refractivity contribution >= 4 is 22.6 Å². The molecule has 0 aliphatic rings. The molecule has 0 fully saturated rings. The highest BCUT2D eigenvalue weighted by Crippen LogP contribution is 2.25. The van der Waals surface area contributed by atoms with E-state index in [1.54, 1.807) is 18.3 Å². The van der Waals surface area contributed by atoms with Gasteiger partial charge in [0.1, 0.15) is 0 Å². The van der Waals surface area contributed by atoms with Crippen LogP contribution in [-0.2, 0) is 0 Å². The lowest BCUT2D eigenvalue weighted by atomic mass is 9.95. The van der Waals surface area contributed by atoms with E-state index in [0.29, 0.717) is 17.7 Å². The molecule has 4 N–H and O–H groups in total. The molecule has 3 aromatic carbocycles. The van der Waals surface area contributed by atoms with Gasteiger partial charge in [0.05, 0.1) is 6.04 Å². The Labute approximate surface area is 181 Å². The van der Waals surface area contributed by atoms with Gasteiger partial charge < -0.3 is 16.0 Å². The largest absolute Gasteiger partial charge is 0.366 e. The van der Waals surface area contributed by atoms with Crippen molar-refractivity contribution in [1.29, 1.82) is 0 Å². The molecule has 0 spiro atoms. The number of primary amides is 1. The number of aromatic nitrogens is 1. The third-order valence-electron chi connectivity index (χ3n) is 5.64. The second-order valence-corrected chi connectivity index (χ2v) is 7.75. The number of hydrogen-bond donors (Lipinski definition) is 3. The first kappa shape index (κ1) is 20.6. The summed E-state index contributed by atoms with van der Waals surface area (Å²) >= 11 is 0. The normalized spacial score (nSPS) is 13.1. The van der Waals surface area contributed by atoms with Crippen molar-refractivity contribution in [2.45, 2.75) is 18.9 Å². The third kappa shape index (κ3) is 4.42. The first-order valence-corrected chi connectivity index (χ1v) is 10.3. The molecule has 2 atom stereocenters. The number of carbonyl (C=O) groups is 2. The van der Waals surface area contributed by atoms with Crippen LogP contribution >= 0.6 is 0 Å². The van der Waals surface area contributed by atoms with Gasteiger partial charge in [-0.15, -0.1) is 0 Å². The predicted octanol–water partition coefficient (Wildman–Crippen LogP) is 4.58. The fourth-order valence-corrected chi connectivity index (χ4v) is 3.83. The average Bonchev–Trinajstić information content (AvgIpc) is 3.24. The third-order valence-corrected chi connectivity index (χ3v) is 5.64. The number of hydrogen-bond acceptors (Lipinski definition) is 3. The van der Waals surface area contributed by atoms with E-state index in [-0.39, 0.29) is 11.7 Å². The van der Waals surface area contributed by atoms with Crippen LogP contribution in [0, 0.1) is 0 Å². The van der Waals surface area contributed by atoms with Gasteiger partial charge in [-0.25, -0.2) is 0 Å². The molecule has 5 heteroatoms. The highest BCUT2D eigenvalue weighted by atomic mass is 16.1. The number of Topliss-reactive ketones (excluding diaryl/α,β-unsaturated/α-hetero) is 1. The Kier molecular flexibility index (Phi) is 5.96. The van der Waals surface area contributed by atoms with Gasteiger partial charge in [0.2, 0.25) is 5.91 Å². The molecular weight excluding hydrogens is 386 g/mol. The zero-order valence-electron chi connectivity index (χ0n) is 17.3. The van der Waals surface area contributed by atoms with Gasteiger partial charge in [0.25, 0.3) is 0 Å². The minimum atomic E-state index is -0.465. The summed E-state index contributed by atoms with van der Waals surface area (Å²) in [6, 6.07) is 24.4. The summed E-state index contributed by atoms with van der Waals surface area (Å²) in [6.45, 7) is 2.69. The molecular formula is C26H25N3O2. The summed E-state index contributed by atoms with van der Waals surface area (Å²) in [7, 11) is 0. The van der Waals surface area contributed by atoms with E-state index in [0.717, 1.165) is 22.0 Å². The number of ketones is 1. The van der Waals surface area contributed by atoms with Gasteiger partial charge >= 0.3 is 0 Å². The Bertz CT molecular complexity index is 1200. The Balaban J connectivity index is 1.57. The van der Waals surface area contributed by atoms with Crippen molar-refractivity contribution in [1.82, 2.24) is 10.3 Å². The van der Waals surface area contributed by atoms with Gasteiger partial charge in [0.15, 0.2) is 5.78 Å². The first-order chi connectivity index (χ1) is 15.0. The summed E-state index contributed by atoms with van der Waals surface area (Å²) in [5.41, 5.74) is 9.44. The lowest BCUT2D eigenvalue weighted by Gasteiger charge is -2.21. The zero-order valence-corrected chi connectivity index (χ0v) is 17.3. The van der Waals surface area contributed by atoms with Crippen LogP contribution < -0.4 is 11.1 Å². The molecule has 1 aromatic heterocycles. The summed E-state index contributed by atoms with van der Waals surface area (Å²) in [5.74, 6) is -0.269. The predicted molar refractivity (Wildman–Crippen MR) is 123 cm³/mol. The van der Waals surface area contributed by atoms with Crippen LogP contribution in [-0.4, -0.2) is 23.2 Å². The number of nitrogens with two attached hydrogens (primary N) is 1. The molecule has 0 saturated carbocycles. The van der Waals surface area contributed by atoms with Gasteiger partial charge in [-0.1, -0.05) is 67.6 Å². The minimum Gasteiger partial charge on any atom is -0.366 e. The number of nitrogens with one attached hydrogen (secondary N) is 2. The number of para-hydroxylation sites is 1. The zero-order chi connectivity index (χ0) is 21.8. The molecule has 4 rings (SSSR count). The minimum absolute atomic E-state index is 0.0277. The van der Waals surface area contributed by atoms with E-state index in [4.69, 9.17) is 5.73 Å². The first-order valence-electron chi connectivity index (χ1n) is 10.3.